The van der Waals surface area contributed by atoms with Crippen LogP contribution in [0, 0.1) is 12.7 Å². The van der Waals surface area contributed by atoms with Crippen molar-refractivity contribution in [3.63, 3.8) is 0 Å². The van der Waals surface area contributed by atoms with Crippen LogP contribution in [0.5, 0.6) is 0 Å². The molecule has 4 nitrogen and oxygen atoms in total. The lowest BCUT2D eigenvalue weighted by Crippen LogP contribution is -2.14. The number of carbonyl (C=O) groups excluding carboxylic acids is 1. The summed E-state index contributed by atoms with van der Waals surface area (Å²) in [5, 5.41) is 0.914. The van der Waals surface area contributed by atoms with E-state index in [0.717, 1.165) is 17.8 Å². The largest absolute Gasteiger partial charge is 0.447 e. The molecule has 0 saturated heterocycles. The molecule has 0 saturated carbocycles. The number of hydrogen-bond acceptors (Lipinski definition) is 5. The molecule has 3 rings (SSSR count). The molecule has 134 valence electrons. The highest BCUT2D eigenvalue weighted by Crippen LogP contribution is 2.28. The first-order valence-corrected chi connectivity index (χ1v) is 9.23. The maximum atomic E-state index is 13.7. The van der Waals surface area contributed by atoms with Gasteiger partial charge < -0.3 is 4.74 Å². The van der Waals surface area contributed by atoms with Crippen LogP contribution in [-0.4, -0.2) is 15.9 Å². The first-order valence-electron chi connectivity index (χ1n) is 8.42. The van der Waals surface area contributed by atoms with Crippen LogP contribution in [0.2, 0.25) is 0 Å². The smallest absolute Gasteiger partial charge is 0.351 e. The molecule has 0 aliphatic heterocycles. The van der Waals surface area contributed by atoms with E-state index >= 15 is 0 Å². The molecule has 0 fully saturated rings. The van der Waals surface area contributed by atoms with Gasteiger partial charge in [0, 0.05) is 11.8 Å². The van der Waals surface area contributed by atoms with E-state index in [1.807, 2.05) is 0 Å². The van der Waals surface area contributed by atoms with Crippen molar-refractivity contribution in [2.75, 3.05) is 0 Å². The number of ether oxygens (including phenoxy) is 1. The van der Waals surface area contributed by atoms with Gasteiger partial charge in [0.15, 0.2) is 6.10 Å². The predicted octanol–water partition coefficient (Wildman–Crippen LogP) is 4.88. The number of aromatic nitrogens is 2. The van der Waals surface area contributed by atoms with Crippen LogP contribution in [0.3, 0.4) is 0 Å². The maximum absolute atomic E-state index is 13.7. The van der Waals surface area contributed by atoms with E-state index < -0.39 is 17.9 Å². The standard InChI is InChI=1S/C20H19FN2O2S/c1-3-7-17-23-13(2)19(26-17)20(24)25-18(16-10-4-5-11-22-16)14-8-6-9-15(21)12-14/h4-6,8-12,18H,3,7H2,1-2H3. The average Bonchev–Trinajstić information content (AvgIpc) is 3.01. The van der Waals surface area contributed by atoms with E-state index in [9.17, 15) is 9.18 Å². The number of thiazole rings is 1. The number of aryl methyl sites for hydroxylation is 2. The summed E-state index contributed by atoms with van der Waals surface area (Å²) in [7, 11) is 0. The molecule has 2 heterocycles. The SMILES string of the molecule is CCCc1nc(C)c(C(=O)OC(c2cccc(F)c2)c2ccccn2)s1. The Morgan fingerprint density at radius 3 is 2.81 bits per heavy atom. The van der Waals surface area contributed by atoms with Crippen LogP contribution >= 0.6 is 11.3 Å². The summed E-state index contributed by atoms with van der Waals surface area (Å²) in [4.78, 5) is 21.9. The summed E-state index contributed by atoms with van der Waals surface area (Å²) < 4.78 is 19.4. The summed E-state index contributed by atoms with van der Waals surface area (Å²) in [5.74, 6) is -0.860. The first-order chi connectivity index (χ1) is 12.6. The normalized spacial score (nSPS) is 12.0. The third-order valence-electron chi connectivity index (χ3n) is 3.82. The summed E-state index contributed by atoms with van der Waals surface area (Å²) >= 11 is 1.35. The van der Waals surface area contributed by atoms with E-state index in [4.69, 9.17) is 4.74 Å². The second-order valence-electron chi connectivity index (χ2n) is 5.87. The lowest BCUT2D eigenvalue weighted by molar-refractivity contribution is 0.0375. The molecule has 0 bridgehead atoms. The zero-order valence-corrected chi connectivity index (χ0v) is 15.4. The lowest BCUT2D eigenvalue weighted by atomic mass is 10.1. The monoisotopic (exact) mass is 370 g/mol. The number of esters is 1. The van der Waals surface area contributed by atoms with E-state index in [-0.39, 0.29) is 0 Å². The molecule has 0 spiro atoms. The zero-order chi connectivity index (χ0) is 18.5. The number of nitrogens with zero attached hydrogens (tertiary/aromatic N) is 2. The molecule has 6 heteroatoms. The fourth-order valence-corrected chi connectivity index (χ4v) is 3.67. The Labute approximate surface area is 155 Å². The van der Waals surface area contributed by atoms with Crippen molar-refractivity contribution in [1.82, 2.24) is 9.97 Å². The molecule has 0 aliphatic carbocycles. The van der Waals surface area contributed by atoms with E-state index in [1.165, 1.54) is 23.5 Å². The van der Waals surface area contributed by atoms with E-state index in [2.05, 4.69) is 16.9 Å². The fourth-order valence-electron chi connectivity index (χ4n) is 2.62. The van der Waals surface area contributed by atoms with Crippen LogP contribution in [0.15, 0.2) is 48.7 Å². The Morgan fingerprint density at radius 1 is 1.27 bits per heavy atom. The van der Waals surface area contributed by atoms with Gasteiger partial charge in [-0.2, -0.15) is 0 Å². The molecule has 0 amide bonds. The Kier molecular flexibility index (Phi) is 5.73. The van der Waals surface area contributed by atoms with Gasteiger partial charge >= 0.3 is 5.97 Å². The molecule has 0 N–H and O–H groups in total. The van der Waals surface area contributed by atoms with Crippen molar-refractivity contribution >= 4 is 17.3 Å². The minimum Gasteiger partial charge on any atom is -0.447 e. The molecular formula is C20H19FN2O2S. The Morgan fingerprint density at radius 2 is 2.12 bits per heavy atom. The molecule has 1 unspecified atom stereocenters. The van der Waals surface area contributed by atoms with Crippen molar-refractivity contribution in [3.8, 4) is 0 Å². The van der Waals surface area contributed by atoms with Crippen molar-refractivity contribution in [1.29, 1.82) is 0 Å². The number of benzene rings is 1. The van der Waals surface area contributed by atoms with Crippen molar-refractivity contribution in [2.45, 2.75) is 32.8 Å². The van der Waals surface area contributed by atoms with Crippen LogP contribution in [0.1, 0.15) is 51.1 Å². The molecule has 1 aromatic carbocycles. The molecule has 26 heavy (non-hydrogen) atoms. The Bertz CT molecular complexity index is 896. The summed E-state index contributed by atoms with van der Waals surface area (Å²) in [5.41, 5.74) is 1.73. The van der Waals surface area contributed by atoms with Gasteiger partial charge in [0.2, 0.25) is 0 Å². The van der Waals surface area contributed by atoms with Crippen molar-refractivity contribution in [2.24, 2.45) is 0 Å². The number of rotatable bonds is 6. The highest BCUT2D eigenvalue weighted by molar-refractivity contribution is 7.13. The van der Waals surface area contributed by atoms with Gasteiger partial charge in [0.25, 0.3) is 0 Å². The number of halogens is 1. The van der Waals surface area contributed by atoms with Gasteiger partial charge in [0.05, 0.1) is 16.4 Å². The number of carbonyl (C=O) groups is 1. The minimum absolute atomic E-state index is 0.390. The van der Waals surface area contributed by atoms with E-state index in [0.29, 0.717) is 21.8 Å². The second-order valence-corrected chi connectivity index (χ2v) is 6.95. The summed E-state index contributed by atoms with van der Waals surface area (Å²) in [6, 6.07) is 11.4. The van der Waals surface area contributed by atoms with Gasteiger partial charge in [-0.15, -0.1) is 11.3 Å². The van der Waals surface area contributed by atoms with Gasteiger partial charge in [-0.05, 0) is 44.0 Å². The van der Waals surface area contributed by atoms with E-state index in [1.54, 1.807) is 43.5 Å². The van der Waals surface area contributed by atoms with Gasteiger partial charge in [-0.1, -0.05) is 25.1 Å². The fraction of sp³-hybridized carbons (Fsp3) is 0.250. The molecule has 1 atom stereocenters. The molecule has 3 aromatic rings. The van der Waals surface area contributed by atoms with Gasteiger partial charge in [-0.25, -0.2) is 14.2 Å². The van der Waals surface area contributed by atoms with Crippen LogP contribution in [0.25, 0.3) is 0 Å². The topological polar surface area (TPSA) is 52.1 Å². The molecule has 0 aliphatic rings. The minimum atomic E-state index is -0.782. The predicted molar refractivity (Wildman–Crippen MR) is 98.7 cm³/mol. The highest BCUT2D eigenvalue weighted by atomic mass is 32.1. The quantitative estimate of drug-likeness (QED) is 0.580. The number of hydrogen-bond donors (Lipinski definition) is 0. The third kappa shape index (κ3) is 4.14. The first kappa shape index (κ1) is 18.2. The second kappa shape index (κ2) is 8.19. The highest BCUT2D eigenvalue weighted by Gasteiger charge is 2.24. The van der Waals surface area contributed by atoms with Gasteiger partial charge in [0.1, 0.15) is 10.7 Å². The Hall–Kier alpha value is -2.60. The van der Waals surface area contributed by atoms with Crippen LogP contribution in [-0.2, 0) is 11.2 Å². The third-order valence-corrected chi connectivity index (χ3v) is 5.02. The summed E-state index contributed by atoms with van der Waals surface area (Å²) in [6.07, 6.45) is 2.62. The van der Waals surface area contributed by atoms with Gasteiger partial charge in [-0.3, -0.25) is 4.98 Å². The maximum Gasteiger partial charge on any atom is 0.351 e. The van der Waals surface area contributed by atoms with Crippen LogP contribution < -0.4 is 0 Å². The molecular weight excluding hydrogens is 351 g/mol. The lowest BCUT2D eigenvalue weighted by Gasteiger charge is -2.17. The molecule has 0 radical (unpaired) electrons. The molecule has 2 aromatic heterocycles. The summed E-state index contributed by atoms with van der Waals surface area (Å²) in [6.45, 7) is 3.86. The average molecular weight is 370 g/mol. The van der Waals surface area contributed by atoms with Crippen molar-refractivity contribution < 1.29 is 13.9 Å². The Balaban J connectivity index is 1.92. The number of pyridine rings is 1. The zero-order valence-electron chi connectivity index (χ0n) is 14.6. The van der Waals surface area contributed by atoms with Crippen molar-refractivity contribution in [3.05, 3.63) is 81.3 Å². The van der Waals surface area contributed by atoms with Crippen LogP contribution in [0.4, 0.5) is 4.39 Å².